The first kappa shape index (κ1) is 26.1. The lowest BCUT2D eigenvalue weighted by atomic mass is 9.79. The number of imidazole rings is 1. The molecule has 6 rings (SSSR count). The van der Waals surface area contributed by atoms with E-state index in [1.54, 1.807) is 28.4 Å². The van der Waals surface area contributed by atoms with Crippen molar-refractivity contribution in [1.29, 1.82) is 0 Å². The van der Waals surface area contributed by atoms with Crippen molar-refractivity contribution in [2.75, 3.05) is 0 Å². The maximum atomic E-state index is 13.4. The minimum Gasteiger partial charge on any atom is -0.465 e. The standard InChI is InChI=1S/C32H32BN3O4/c1-31(2)32(3,4)40-33(39-31)24-16-18-26-27(20-24)35(5)30(37)36(26)25-17-19-28(34-21-25)38-29(22-12-8-6-9-13-22)23-14-10-7-11-15-23/h6-21,29H,1-5H3. The summed E-state index contributed by atoms with van der Waals surface area (Å²) in [5.41, 5.74) is 4.09. The Morgan fingerprint density at radius 2 is 1.40 bits per heavy atom. The summed E-state index contributed by atoms with van der Waals surface area (Å²) in [6.07, 6.45) is 1.36. The van der Waals surface area contributed by atoms with Gasteiger partial charge in [0, 0.05) is 13.1 Å². The van der Waals surface area contributed by atoms with Gasteiger partial charge in [-0.2, -0.15) is 0 Å². The van der Waals surface area contributed by atoms with Crippen molar-refractivity contribution in [3.63, 3.8) is 0 Å². The van der Waals surface area contributed by atoms with Gasteiger partial charge in [0.1, 0.15) is 0 Å². The van der Waals surface area contributed by atoms with E-state index < -0.39 is 18.3 Å². The van der Waals surface area contributed by atoms with Gasteiger partial charge in [-0.15, -0.1) is 0 Å². The molecule has 40 heavy (non-hydrogen) atoms. The molecule has 3 aromatic carbocycles. The molecular weight excluding hydrogens is 501 g/mol. The summed E-state index contributed by atoms with van der Waals surface area (Å²) in [5.74, 6) is 0.470. The van der Waals surface area contributed by atoms with E-state index in [0.29, 0.717) is 11.6 Å². The van der Waals surface area contributed by atoms with Gasteiger partial charge in [-0.3, -0.25) is 9.13 Å². The van der Waals surface area contributed by atoms with Crippen molar-refractivity contribution in [3.05, 3.63) is 119 Å². The minimum atomic E-state index is -0.506. The summed E-state index contributed by atoms with van der Waals surface area (Å²) in [7, 11) is 1.26. The first-order chi connectivity index (χ1) is 19.1. The van der Waals surface area contributed by atoms with E-state index in [0.717, 1.165) is 27.6 Å². The zero-order chi connectivity index (χ0) is 28.1. The normalized spacial score (nSPS) is 16.1. The van der Waals surface area contributed by atoms with Gasteiger partial charge in [-0.25, -0.2) is 9.78 Å². The molecule has 8 heteroatoms. The molecule has 0 saturated carbocycles. The lowest BCUT2D eigenvalue weighted by Crippen LogP contribution is -2.41. The van der Waals surface area contributed by atoms with E-state index in [1.165, 1.54) is 0 Å². The van der Waals surface area contributed by atoms with Crippen LogP contribution in [0.25, 0.3) is 16.7 Å². The maximum absolute atomic E-state index is 13.4. The molecule has 0 atom stereocenters. The van der Waals surface area contributed by atoms with E-state index in [9.17, 15) is 4.79 Å². The number of ether oxygens (including phenoxy) is 1. The third kappa shape index (κ3) is 4.53. The Hall–Kier alpha value is -4.14. The van der Waals surface area contributed by atoms with Gasteiger partial charge >= 0.3 is 12.8 Å². The summed E-state index contributed by atoms with van der Waals surface area (Å²) in [6.45, 7) is 8.11. The van der Waals surface area contributed by atoms with Crippen LogP contribution in [0, 0.1) is 0 Å². The number of rotatable bonds is 6. The molecule has 0 amide bonds. The number of fused-ring (bicyclic) bond motifs is 1. The largest absolute Gasteiger partial charge is 0.494 e. The van der Waals surface area contributed by atoms with E-state index in [2.05, 4.69) is 4.98 Å². The molecule has 5 aromatic rings. The van der Waals surface area contributed by atoms with Gasteiger partial charge in [0.2, 0.25) is 5.88 Å². The van der Waals surface area contributed by atoms with Crippen molar-refractivity contribution in [3.8, 4) is 11.6 Å². The zero-order valence-corrected chi connectivity index (χ0v) is 23.4. The Morgan fingerprint density at radius 3 is 1.95 bits per heavy atom. The number of pyridine rings is 1. The molecule has 0 bridgehead atoms. The second-order valence-electron chi connectivity index (χ2n) is 11.2. The summed E-state index contributed by atoms with van der Waals surface area (Å²) in [6, 6.07) is 29.6. The van der Waals surface area contributed by atoms with Crippen LogP contribution in [0.4, 0.5) is 0 Å². The number of nitrogens with zero attached hydrogens (tertiary/aromatic N) is 3. The monoisotopic (exact) mass is 533 g/mol. The Balaban J connectivity index is 1.31. The maximum Gasteiger partial charge on any atom is 0.494 e. The average Bonchev–Trinajstić information content (AvgIpc) is 3.34. The van der Waals surface area contributed by atoms with Gasteiger partial charge in [-0.05, 0) is 62.5 Å². The van der Waals surface area contributed by atoms with E-state index in [4.69, 9.17) is 14.0 Å². The van der Waals surface area contributed by atoms with Gasteiger partial charge in [0.25, 0.3) is 0 Å². The summed E-state index contributed by atoms with van der Waals surface area (Å²) in [5, 5.41) is 0. The second kappa shape index (κ2) is 9.80. The fourth-order valence-corrected chi connectivity index (χ4v) is 5.01. The molecule has 1 saturated heterocycles. The molecule has 7 nitrogen and oxygen atoms in total. The van der Waals surface area contributed by atoms with Crippen molar-refractivity contribution < 1.29 is 14.0 Å². The smallest absolute Gasteiger partial charge is 0.465 e. The fourth-order valence-electron chi connectivity index (χ4n) is 5.01. The van der Waals surface area contributed by atoms with Crippen LogP contribution in [-0.2, 0) is 16.4 Å². The second-order valence-corrected chi connectivity index (χ2v) is 11.2. The molecule has 0 N–H and O–H groups in total. The number of aryl methyl sites for hydroxylation is 1. The van der Waals surface area contributed by atoms with Gasteiger partial charge in [0.15, 0.2) is 6.10 Å². The van der Waals surface area contributed by atoms with Crippen LogP contribution in [0.2, 0.25) is 0 Å². The third-order valence-corrected chi connectivity index (χ3v) is 8.03. The first-order valence-electron chi connectivity index (χ1n) is 13.4. The number of aromatic nitrogens is 3. The van der Waals surface area contributed by atoms with Crippen molar-refractivity contribution >= 4 is 23.6 Å². The molecule has 0 spiro atoms. The van der Waals surface area contributed by atoms with Crippen LogP contribution in [0.5, 0.6) is 5.88 Å². The number of hydrogen-bond acceptors (Lipinski definition) is 5. The summed E-state index contributed by atoms with van der Waals surface area (Å²) in [4.78, 5) is 17.9. The summed E-state index contributed by atoms with van der Waals surface area (Å²) >= 11 is 0. The highest BCUT2D eigenvalue weighted by Gasteiger charge is 2.51. The predicted octanol–water partition coefficient (Wildman–Crippen LogP) is 5.19. The highest BCUT2D eigenvalue weighted by Crippen LogP contribution is 2.36. The highest BCUT2D eigenvalue weighted by atomic mass is 16.7. The van der Waals surface area contributed by atoms with Crippen molar-refractivity contribution in [2.24, 2.45) is 7.05 Å². The SMILES string of the molecule is Cn1c(=O)n(-c2ccc(OC(c3ccccc3)c3ccccc3)nc2)c2ccc(B3OC(C)(C)C(C)(C)O3)cc21. The van der Waals surface area contributed by atoms with E-state index in [1.807, 2.05) is 113 Å². The molecule has 2 aromatic heterocycles. The Bertz CT molecular complexity index is 1660. The first-order valence-corrected chi connectivity index (χ1v) is 13.4. The zero-order valence-electron chi connectivity index (χ0n) is 23.4. The van der Waals surface area contributed by atoms with Crippen LogP contribution in [0.3, 0.4) is 0 Å². The average molecular weight is 533 g/mol. The molecule has 1 aliphatic rings. The topological polar surface area (TPSA) is 67.5 Å². The summed E-state index contributed by atoms with van der Waals surface area (Å²) < 4.78 is 22.1. The molecule has 1 aliphatic heterocycles. The fraction of sp³-hybridized carbons (Fsp3) is 0.250. The number of hydrogen-bond donors (Lipinski definition) is 0. The quantitative estimate of drug-likeness (QED) is 0.281. The van der Waals surface area contributed by atoms with Crippen LogP contribution >= 0.6 is 0 Å². The van der Waals surface area contributed by atoms with Crippen LogP contribution in [0.15, 0.2) is 102 Å². The molecule has 0 unspecified atom stereocenters. The lowest BCUT2D eigenvalue weighted by molar-refractivity contribution is 0.00578. The predicted molar refractivity (Wildman–Crippen MR) is 157 cm³/mol. The van der Waals surface area contributed by atoms with Crippen LogP contribution in [0.1, 0.15) is 44.9 Å². The lowest BCUT2D eigenvalue weighted by Gasteiger charge is -2.32. The number of benzene rings is 3. The minimum absolute atomic E-state index is 0.164. The van der Waals surface area contributed by atoms with Crippen LogP contribution < -0.4 is 15.9 Å². The molecule has 202 valence electrons. The van der Waals surface area contributed by atoms with E-state index in [-0.39, 0.29) is 11.8 Å². The molecule has 0 radical (unpaired) electrons. The molecule has 1 fully saturated rings. The van der Waals surface area contributed by atoms with Crippen molar-refractivity contribution in [2.45, 2.75) is 45.0 Å². The Labute approximate surface area is 234 Å². The third-order valence-electron chi connectivity index (χ3n) is 8.03. The molecular formula is C32H32BN3O4. The van der Waals surface area contributed by atoms with Gasteiger partial charge in [0.05, 0.1) is 34.1 Å². The Morgan fingerprint density at radius 1 is 0.800 bits per heavy atom. The van der Waals surface area contributed by atoms with Gasteiger partial charge in [-0.1, -0.05) is 66.7 Å². The molecule has 0 aliphatic carbocycles. The van der Waals surface area contributed by atoms with Crippen LogP contribution in [-0.4, -0.2) is 32.4 Å². The van der Waals surface area contributed by atoms with Gasteiger partial charge < -0.3 is 14.0 Å². The molecule has 3 heterocycles. The Kier molecular flexibility index (Phi) is 6.40. The van der Waals surface area contributed by atoms with E-state index >= 15 is 0 Å². The van der Waals surface area contributed by atoms with Crippen molar-refractivity contribution in [1.82, 2.24) is 14.1 Å². The highest BCUT2D eigenvalue weighted by molar-refractivity contribution is 6.62.